The lowest BCUT2D eigenvalue weighted by molar-refractivity contribution is 0.609. The van der Waals surface area contributed by atoms with E-state index in [0.717, 1.165) is 19.5 Å². The predicted octanol–water partition coefficient (Wildman–Crippen LogP) is 6.11. The average molecular weight is 297 g/mol. The van der Waals surface area contributed by atoms with Crippen molar-refractivity contribution in [1.82, 2.24) is 5.32 Å². The van der Waals surface area contributed by atoms with E-state index in [0.29, 0.717) is 0 Å². The summed E-state index contributed by atoms with van der Waals surface area (Å²) in [5.41, 5.74) is 0. The standard InChI is InChI=1S/C19H40N2/c1-4-7-10-11-12-13-16-19(20-17-14-8-5-2)21-18-15-9-6-3/h4-18H2,1-3H3,(H,20,21). The predicted molar refractivity (Wildman–Crippen MR) is 97.3 cm³/mol. The molecule has 0 saturated carbocycles. The summed E-state index contributed by atoms with van der Waals surface area (Å²) in [6.07, 6.45) is 17.1. The monoisotopic (exact) mass is 296 g/mol. The lowest BCUT2D eigenvalue weighted by atomic mass is 10.1. The Labute approximate surface area is 134 Å². The fourth-order valence-electron chi connectivity index (χ4n) is 2.48. The highest BCUT2D eigenvalue weighted by molar-refractivity contribution is 5.82. The van der Waals surface area contributed by atoms with E-state index in [2.05, 4.69) is 26.1 Å². The quantitative estimate of drug-likeness (QED) is 0.220. The average Bonchev–Trinajstić information content (AvgIpc) is 2.50. The summed E-state index contributed by atoms with van der Waals surface area (Å²) in [5, 5.41) is 3.58. The van der Waals surface area contributed by atoms with Gasteiger partial charge in [-0.1, -0.05) is 78.6 Å². The van der Waals surface area contributed by atoms with Gasteiger partial charge in [-0.05, 0) is 19.3 Å². The van der Waals surface area contributed by atoms with Crippen molar-refractivity contribution < 1.29 is 0 Å². The summed E-state index contributed by atoms with van der Waals surface area (Å²) in [4.78, 5) is 4.80. The van der Waals surface area contributed by atoms with Gasteiger partial charge in [0, 0.05) is 19.5 Å². The molecular formula is C19H40N2. The molecule has 0 saturated heterocycles. The van der Waals surface area contributed by atoms with Crippen molar-refractivity contribution in [3.63, 3.8) is 0 Å². The maximum atomic E-state index is 4.80. The van der Waals surface area contributed by atoms with E-state index in [4.69, 9.17) is 4.99 Å². The minimum absolute atomic E-state index is 1.01. The second-order valence-electron chi connectivity index (χ2n) is 6.19. The first-order chi connectivity index (χ1) is 10.3. The van der Waals surface area contributed by atoms with Gasteiger partial charge in [0.25, 0.3) is 0 Å². The van der Waals surface area contributed by atoms with Gasteiger partial charge >= 0.3 is 0 Å². The van der Waals surface area contributed by atoms with E-state index < -0.39 is 0 Å². The molecule has 0 radical (unpaired) electrons. The number of hydrogen-bond acceptors (Lipinski definition) is 1. The molecule has 2 heteroatoms. The molecule has 0 aliphatic carbocycles. The minimum Gasteiger partial charge on any atom is -0.374 e. The van der Waals surface area contributed by atoms with Gasteiger partial charge in [-0.3, -0.25) is 4.99 Å². The molecule has 0 aromatic heterocycles. The molecule has 0 spiro atoms. The van der Waals surface area contributed by atoms with Gasteiger partial charge in [-0.2, -0.15) is 0 Å². The second-order valence-corrected chi connectivity index (χ2v) is 6.19. The molecule has 0 rings (SSSR count). The fraction of sp³-hybridized carbons (Fsp3) is 0.947. The molecule has 0 heterocycles. The third-order valence-electron chi connectivity index (χ3n) is 3.94. The van der Waals surface area contributed by atoms with Crippen LogP contribution in [0.5, 0.6) is 0 Å². The molecule has 0 amide bonds. The summed E-state index contributed by atoms with van der Waals surface area (Å²) in [7, 11) is 0. The summed E-state index contributed by atoms with van der Waals surface area (Å²) in [5.74, 6) is 1.28. The van der Waals surface area contributed by atoms with Crippen LogP contribution in [-0.4, -0.2) is 18.9 Å². The largest absolute Gasteiger partial charge is 0.374 e. The van der Waals surface area contributed by atoms with Crippen molar-refractivity contribution in [2.45, 2.75) is 104 Å². The molecule has 21 heavy (non-hydrogen) atoms. The molecule has 126 valence electrons. The first kappa shape index (κ1) is 20.5. The number of rotatable bonds is 15. The fourth-order valence-corrected chi connectivity index (χ4v) is 2.48. The molecular weight excluding hydrogens is 256 g/mol. The summed E-state index contributed by atoms with van der Waals surface area (Å²) in [6, 6.07) is 0. The van der Waals surface area contributed by atoms with Gasteiger partial charge in [0.2, 0.25) is 0 Å². The Hall–Kier alpha value is -0.530. The van der Waals surface area contributed by atoms with E-state index in [1.165, 1.54) is 82.9 Å². The molecule has 2 nitrogen and oxygen atoms in total. The van der Waals surface area contributed by atoms with Crippen molar-refractivity contribution in [2.24, 2.45) is 4.99 Å². The highest BCUT2D eigenvalue weighted by Crippen LogP contribution is 2.07. The number of aliphatic imine (C=N–C) groups is 1. The Balaban J connectivity index is 3.82. The number of amidine groups is 1. The summed E-state index contributed by atoms with van der Waals surface area (Å²) >= 11 is 0. The Morgan fingerprint density at radius 1 is 0.667 bits per heavy atom. The summed E-state index contributed by atoms with van der Waals surface area (Å²) in [6.45, 7) is 8.91. The maximum absolute atomic E-state index is 4.80. The van der Waals surface area contributed by atoms with Gasteiger partial charge in [0.05, 0.1) is 5.84 Å². The van der Waals surface area contributed by atoms with Crippen LogP contribution in [0.2, 0.25) is 0 Å². The Bertz CT molecular complexity index is 224. The van der Waals surface area contributed by atoms with Crippen molar-refractivity contribution in [2.75, 3.05) is 13.1 Å². The Kier molecular flexibility index (Phi) is 17.1. The third kappa shape index (κ3) is 15.7. The normalized spacial score (nSPS) is 11.9. The molecule has 0 aliphatic heterocycles. The molecule has 0 unspecified atom stereocenters. The molecule has 0 aliphatic rings. The lowest BCUT2D eigenvalue weighted by Gasteiger charge is -2.10. The highest BCUT2D eigenvalue weighted by atomic mass is 15.0. The zero-order valence-corrected chi connectivity index (χ0v) is 15.1. The molecule has 0 fully saturated rings. The molecule has 0 aromatic rings. The van der Waals surface area contributed by atoms with Crippen molar-refractivity contribution in [3.8, 4) is 0 Å². The van der Waals surface area contributed by atoms with Crippen LogP contribution in [-0.2, 0) is 0 Å². The third-order valence-corrected chi connectivity index (χ3v) is 3.94. The first-order valence-corrected chi connectivity index (χ1v) is 9.62. The summed E-state index contributed by atoms with van der Waals surface area (Å²) < 4.78 is 0. The number of hydrogen-bond donors (Lipinski definition) is 1. The van der Waals surface area contributed by atoms with E-state index >= 15 is 0 Å². The van der Waals surface area contributed by atoms with Gasteiger partial charge in [0.15, 0.2) is 0 Å². The van der Waals surface area contributed by atoms with Gasteiger partial charge in [0.1, 0.15) is 0 Å². The molecule has 0 atom stereocenters. The van der Waals surface area contributed by atoms with E-state index in [1.807, 2.05) is 0 Å². The molecule has 0 aromatic carbocycles. The van der Waals surface area contributed by atoms with Gasteiger partial charge in [-0.15, -0.1) is 0 Å². The number of nitrogens with one attached hydrogen (secondary N) is 1. The van der Waals surface area contributed by atoms with E-state index in [9.17, 15) is 0 Å². The van der Waals surface area contributed by atoms with E-state index in [-0.39, 0.29) is 0 Å². The van der Waals surface area contributed by atoms with Gasteiger partial charge in [-0.25, -0.2) is 0 Å². The van der Waals surface area contributed by atoms with Crippen LogP contribution in [0, 0.1) is 0 Å². The zero-order chi connectivity index (χ0) is 15.6. The molecule has 0 bridgehead atoms. The smallest absolute Gasteiger partial charge is 0.0963 e. The van der Waals surface area contributed by atoms with Crippen molar-refractivity contribution in [1.29, 1.82) is 0 Å². The maximum Gasteiger partial charge on any atom is 0.0963 e. The van der Waals surface area contributed by atoms with E-state index in [1.54, 1.807) is 0 Å². The van der Waals surface area contributed by atoms with Crippen LogP contribution in [0.1, 0.15) is 104 Å². The van der Waals surface area contributed by atoms with Crippen LogP contribution < -0.4 is 5.32 Å². The molecule has 1 N–H and O–H groups in total. The van der Waals surface area contributed by atoms with Crippen LogP contribution in [0.15, 0.2) is 4.99 Å². The number of nitrogens with zero attached hydrogens (tertiary/aromatic N) is 1. The lowest BCUT2D eigenvalue weighted by Crippen LogP contribution is -2.25. The van der Waals surface area contributed by atoms with Crippen LogP contribution >= 0.6 is 0 Å². The minimum atomic E-state index is 1.01. The van der Waals surface area contributed by atoms with Crippen molar-refractivity contribution >= 4 is 5.84 Å². The Morgan fingerprint density at radius 2 is 1.24 bits per heavy atom. The SMILES string of the molecule is CCCCCCCCC(=NCCCCC)NCCCCC. The second kappa shape index (κ2) is 17.5. The highest BCUT2D eigenvalue weighted by Gasteiger charge is 1.99. The van der Waals surface area contributed by atoms with Crippen LogP contribution in [0.3, 0.4) is 0 Å². The Morgan fingerprint density at radius 3 is 1.95 bits per heavy atom. The van der Waals surface area contributed by atoms with Crippen LogP contribution in [0.4, 0.5) is 0 Å². The van der Waals surface area contributed by atoms with Gasteiger partial charge < -0.3 is 5.32 Å². The number of unbranched alkanes of at least 4 members (excludes halogenated alkanes) is 9. The zero-order valence-electron chi connectivity index (χ0n) is 15.1. The first-order valence-electron chi connectivity index (χ1n) is 9.62. The van der Waals surface area contributed by atoms with Crippen LogP contribution in [0.25, 0.3) is 0 Å². The topological polar surface area (TPSA) is 24.4 Å². The van der Waals surface area contributed by atoms with Crippen molar-refractivity contribution in [3.05, 3.63) is 0 Å².